The van der Waals surface area contributed by atoms with Crippen molar-refractivity contribution < 1.29 is 13.9 Å². The quantitative estimate of drug-likeness (QED) is 0.616. The van der Waals surface area contributed by atoms with Gasteiger partial charge in [0.25, 0.3) is 0 Å². The van der Waals surface area contributed by atoms with Gasteiger partial charge >= 0.3 is 5.69 Å². The lowest BCUT2D eigenvalue weighted by molar-refractivity contribution is 0.0133. The molecule has 1 aromatic heterocycles. The minimum absolute atomic E-state index is 0.0228. The topological polar surface area (TPSA) is 74.1 Å². The maximum atomic E-state index is 14.4. The SMILES string of the molecule is C#CCOc1cc(-n2c(=O)n3n(c2=S)COCC3)c(F)cc1C#N. The van der Waals surface area contributed by atoms with Crippen molar-refractivity contribution in [2.45, 2.75) is 13.3 Å². The Morgan fingerprint density at radius 1 is 1.46 bits per heavy atom. The Bertz CT molecular complexity index is 968. The molecule has 1 aliphatic heterocycles. The highest BCUT2D eigenvalue weighted by Crippen LogP contribution is 2.25. The molecule has 24 heavy (non-hydrogen) atoms. The third-order valence-electron chi connectivity index (χ3n) is 3.50. The Labute approximate surface area is 141 Å². The number of aromatic nitrogens is 3. The van der Waals surface area contributed by atoms with Crippen molar-refractivity contribution in [1.82, 2.24) is 13.9 Å². The summed E-state index contributed by atoms with van der Waals surface area (Å²) in [5.41, 5.74) is -0.620. The van der Waals surface area contributed by atoms with E-state index in [1.165, 1.54) is 15.4 Å². The van der Waals surface area contributed by atoms with E-state index in [1.54, 1.807) is 0 Å². The highest BCUT2D eigenvalue weighted by molar-refractivity contribution is 7.71. The van der Waals surface area contributed by atoms with Gasteiger partial charge in [-0.3, -0.25) is 0 Å². The minimum Gasteiger partial charge on any atom is -0.479 e. The van der Waals surface area contributed by atoms with E-state index < -0.39 is 11.5 Å². The first kappa shape index (κ1) is 16.0. The molecule has 3 rings (SSSR count). The van der Waals surface area contributed by atoms with Crippen LogP contribution in [0.2, 0.25) is 0 Å². The largest absolute Gasteiger partial charge is 0.479 e. The molecule has 7 nitrogen and oxygen atoms in total. The van der Waals surface area contributed by atoms with Gasteiger partial charge in [0, 0.05) is 6.07 Å². The summed E-state index contributed by atoms with van der Waals surface area (Å²) < 4.78 is 28.9. The van der Waals surface area contributed by atoms with Crippen LogP contribution in [-0.2, 0) is 18.0 Å². The van der Waals surface area contributed by atoms with E-state index in [0.29, 0.717) is 13.2 Å². The van der Waals surface area contributed by atoms with Gasteiger partial charge in [0.05, 0.1) is 24.4 Å². The minimum atomic E-state index is -0.766. The molecule has 9 heteroatoms. The zero-order valence-corrected chi connectivity index (χ0v) is 13.2. The number of nitrogens with zero attached hydrogens (tertiary/aromatic N) is 4. The first-order valence-corrected chi connectivity index (χ1v) is 7.30. The van der Waals surface area contributed by atoms with E-state index in [-0.39, 0.29) is 35.1 Å². The van der Waals surface area contributed by atoms with Crippen LogP contribution in [0.4, 0.5) is 4.39 Å². The Morgan fingerprint density at radius 2 is 2.25 bits per heavy atom. The smallest absolute Gasteiger partial charge is 0.350 e. The van der Waals surface area contributed by atoms with Crippen molar-refractivity contribution in [3.63, 3.8) is 0 Å². The molecule has 0 fully saturated rings. The summed E-state index contributed by atoms with van der Waals surface area (Å²) in [4.78, 5) is 12.5. The fourth-order valence-electron chi connectivity index (χ4n) is 2.41. The monoisotopic (exact) mass is 346 g/mol. The van der Waals surface area contributed by atoms with Crippen LogP contribution in [-0.4, -0.2) is 27.1 Å². The van der Waals surface area contributed by atoms with Crippen molar-refractivity contribution in [3.8, 4) is 29.8 Å². The molecule has 1 aliphatic rings. The van der Waals surface area contributed by atoms with Gasteiger partial charge in [-0.25, -0.2) is 23.1 Å². The normalized spacial score (nSPS) is 13.0. The molecule has 0 bridgehead atoms. The van der Waals surface area contributed by atoms with Crippen molar-refractivity contribution in [2.24, 2.45) is 0 Å². The lowest BCUT2D eigenvalue weighted by Crippen LogP contribution is -2.32. The molecule has 122 valence electrons. The van der Waals surface area contributed by atoms with Crippen LogP contribution >= 0.6 is 12.2 Å². The van der Waals surface area contributed by atoms with E-state index >= 15 is 0 Å². The van der Waals surface area contributed by atoms with Crippen molar-refractivity contribution >= 4 is 12.2 Å². The van der Waals surface area contributed by atoms with Crippen LogP contribution in [0.15, 0.2) is 16.9 Å². The Kier molecular flexibility index (Phi) is 4.21. The molecule has 0 aliphatic carbocycles. The molecule has 0 saturated carbocycles. The van der Waals surface area contributed by atoms with Crippen LogP contribution in [0, 0.1) is 34.3 Å². The summed E-state index contributed by atoms with van der Waals surface area (Å²) in [5, 5.41) is 9.08. The summed E-state index contributed by atoms with van der Waals surface area (Å²) in [6.07, 6.45) is 5.14. The average Bonchev–Trinajstić information content (AvgIpc) is 2.85. The zero-order valence-electron chi connectivity index (χ0n) is 12.4. The highest BCUT2D eigenvalue weighted by atomic mass is 32.1. The number of terminal acetylenes is 1. The van der Waals surface area contributed by atoms with Crippen LogP contribution < -0.4 is 10.4 Å². The summed E-state index contributed by atoms with van der Waals surface area (Å²) in [7, 11) is 0. The maximum Gasteiger partial charge on any atom is 0.350 e. The van der Waals surface area contributed by atoms with Crippen molar-refractivity contribution in [3.05, 3.63) is 38.8 Å². The second-order valence-corrected chi connectivity index (χ2v) is 5.23. The summed E-state index contributed by atoms with van der Waals surface area (Å²) in [5.74, 6) is 1.58. The summed E-state index contributed by atoms with van der Waals surface area (Å²) in [6.45, 7) is 0.697. The van der Waals surface area contributed by atoms with Gasteiger partial charge in [0.1, 0.15) is 31.0 Å². The number of halogens is 1. The molecule has 0 radical (unpaired) electrons. The first-order valence-electron chi connectivity index (χ1n) is 6.89. The molecule has 0 spiro atoms. The van der Waals surface area contributed by atoms with Crippen LogP contribution in [0.5, 0.6) is 5.75 Å². The fraction of sp³-hybridized carbons (Fsp3) is 0.267. The molecule has 1 aromatic carbocycles. The van der Waals surface area contributed by atoms with Gasteiger partial charge < -0.3 is 9.47 Å². The molecule has 2 heterocycles. The standard InChI is InChI=1S/C15H11FN4O3S/c1-2-4-23-13-7-12(11(16)6-10(13)8-17)20-14(21)18-3-5-22-9-19(18)15(20)24/h1,6-7H,3-5,9H2. The molecule has 0 atom stereocenters. The van der Waals surface area contributed by atoms with E-state index in [9.17, 15) is 9.18 Å². The average molecular weight is 346 g/mol. The first-order chi connectivity index (χ1) is 11.6. The Hall–Kier alpha value is -2.88. The van der Waals surface area contributed by atoms with Crippen molar-refractivity contribution in [2.75, 3.05) is 13.2 Å². The number of hydrogen-bond acceptors (Lipinski definition) is 5. The van der Waals surface area contributed by atoms with Gasteiger partial charge in [-0.1, -0.05) is 5.92 Å². The molecular formula is C15H11FN4O3S. The maximum absolute atomic E-state index is 14.4. The molecule has 0 unspecified atom stereocenters. The number of fused-ring (bicyclic) bond motifs is 1. The van der Waals surface area contributed by atoms with Gasteiger partial charge in [0.2, 0.25) is 4.77 Å². The Balaban J connectivity index is 2.23. The zero-order chi connectivity index (χ0) is 17.3. The highest BCUT2D eigenvalue weighted by Gasteiger charge is 2.21. The molecule has 0 amide bonds. The fourth-order valence-corrected chi connectivity index (χ4v) is 2.74. The predicted molar refractivity (Wildman–Crippen MR) is 83.8 cm³/mol. The molecular weight excluding hydrogens is 335 g/mol. The lowest BCUT2D eigenvalue weighted by atomic mass is 10.2. The number of rotatable bonds is 3. The molecule has 0 saturated heterocycles. The second kappa shape index (κ2) is 6.32. The third kappa shape index (κ3) is 2.50. The second-order valence-electron chi connectivity index (χ2n) is 4.86. The summed E-state index contributed by atoms with van der Waals surface area (Å²) >= 11 is 5.25. The van der Waals surface area contributed by atoms with Gasteiger partial charge in [-0.05, 0) is 18.3 Å². The van der Waals surface area contributed by atoms with Crippen LogP contribution in [0.3, 0.4) is 0 Å². The number of ether oxygens (including phenoxy) is 2. The van der Waals surface area contributed by atoms with Crippen LogP contribution in [0.25, 0.3) is 5.69 Å². The third-order valence-corrected chi connectivity index (χ3v) is 3.89. The van der Waals surface area contributed by atoms with Gasteiger partial charge in [0.15, 0.2) is 0 Å². The van der Waals surface area contributed by atoms with Crippen molar-refractivity contribution in [1.29, 1.82) is 5.26 Å². The van der Waals surface area contributed by atoms with E-state index in [2.05, 4.69) is 5.92 Å². The van der Waals surface area contributed by atoms with Gasteiger partial charge in [-0.15, -0.1) is 6.42 Å². The summed E-state index contributed by atoms with van der Waals surface area (Å²) in [6, 6.07) is 4.06. The number of hydrogen-bond donors (Lipinski definition) is 0. The van der Waals surface area contributed by atoms with Gasteiger partial charge in [-0.2, -0.15) is 5.26 Å². The van der Waals surface area contributed by atoms with E-state index in [1.807, 2.05) is 6.07 Å². The van der Waals surface area contributed by atoms with Crippen LogP contribution in [0.1, 0.15) is 5.56 Å². The number of benzene rings is 1. The molecule has 2 aromatic rings. The number of nitriles is 1. The van der Waals surface area contributed by atoms with E-state index in [0.717, 1.165) is 10.6 Å². The lowest BCUT2D eigenvalue weighted by Gasteiger charge is -2.15. The predicted octanol–water partition coefficient (Wildman–Crippen LogP) is 1.18. The Morgan fingerprint density at radius 3 is 2.92 bits per heavy atom. The molecule has 0 N–H and O–H groups in total. The van der Waals surface area contributed by atoms with E-state index in [4.69, 9.17) is 33.4 Å².